The predicted molar refractivity (Wildman–Crippen MR) is 128 cm³/mol. The second-order valence-electron chi connectivity index (χ2n) is 9.02. The van der Waals surface area contributed by atoms with Crippen LogP contribution in [0.4, 0.5) is 5.82 Å². The molecule has 0 saturated heterocycles. The van der Waals surface area contributed by atoms with Gasteiger partial charge in [0.1, 0.15) is 6.10 Å². The van der Waals surface area contributed by atoms with Gasteiger partial charge in [0.2, 0.25) is 11.8 Å². The number of hydrogen-bond acceptors (Lipinski definition) is 7. The van der Waals surface area contributed by atoms with E-state index in [0.717, 1.165) is 42.5 Å². The number of fused-ring (bicyclic) bond motifs is 1. The summed E-state index contributed by atoms with van der Waals surface area (Å²) in [6.07, 6.45) is 8.92. The van der Waals surface area contributed by atoms with Gasteiger partial charge in [-0.3, -0.25) is 9.48 Å². The van der Waals surface area contributed by atoms with E-state index in [2.05, 4.69) is 25.4 Å². The van der Waals surface area contributed by atoms with Crippen LogP contribution < -0.4 is 10.1 Å². The Bertz CT molecular complexity index is 1460. The maximum Gasteiger partial charge on any atom is 0.340 e. The number of aromatic amines is 1. The quantitative estimate of drug-likeness (QED) is 0.393. The number of amides is 1. The molecule has 10 heteroatoms. The van der Waals surface area contributed by atoms with Gasteiger partial charge in [-0.2, -0.15) is 5.10 Å². The van der Waals surface area contributed by atoms with E-state index in [1.54, 1.807) is 10.9 Å². The van der Waals surface area contributed by atoms with Crippen molar-refractivity contribution in [2.24, 2.45) is 13.0 Å². The summed E-state index contributed by atoms with van der Waals surface area (Å²) < 4.78 is 12.8. The van der Waals surface area contributed by atoms with Crippen molar-refractivity contribution in [3.05, 3.63) is 42.4 Å². The minimum absolute atomic E-state index is 0.0133. The normalized spacial score (nSPS) is 15.3. The van der Waals surface area contributed by atoms with Gasteiger partial charge in [0.05, 0.1) is 35.1 Å². The molecule has 4 aromatic rings. The second kappa shape index (κ2) is 8.23. The van der Waals surface area contributed by atoms with Gasteiger partial charge in [0, 0.05) is 42.5 Å². The number of aromatic nitrogens is 5. The molecule has 1 amide bonds. The van der Waals surface area contributed by atoms with E-state index in [9.17, 15) is 9.59 Å². The zero-order valence-corrected chi connectivity index (χ0v) is 19.4. The number of H-pyrrole nitrogens is 1. The third-order valence-corrected chi connectivity index (χ3v) is 6.22. The number of rotatable bonds is 7. The molecule has 0 unspecified atom stereocenters. The van der Waals surface area contributed by atoms with Gasteiger partial charge in [0.15, 0.2) is 5.82 Å². The van der Waals surface area contributed by atoms with Crippen LogP contribution in [0.3, 0.4) is 0 Å². The molecule has 4 heterocycles. The molecule has 0 atom stereocenters. The van der Waals surface area contributed by atoms with E-state index >= 15 is 0 Å². The first-order valence-corrected chi connectivity index (χ1v) is 11.6. The highest BCUT2D eigenvalue weighted by Gasteiger charge is 2.31. The van der Waals surface area contributed by atoms with Gasteiger partial charge in [0.25, 0.3) is 0 Å². The summed E-state index contributed by atoms with van der Waals surface area (Å²) >= 11 is 0. The molecule has 0 aromatic carbocycles. The molecule has 2 aliphatic rings. The van der Waals surface area contributed by atoms with Crippen molar-refractivity contribution in [1.82, 2.24) is 24.7 Å². The van der Waals surface area contributed by atoms with Gasteiger partial charge >= 0.3 is 5.97 Å². The number of hydrogen-bond donors (Lipinski definition) is 2. The van der Waals surface area contributed by atoms with Crippen LogP contribution in [0.1, 0.15) is 36.0 Å². The minimum atomic E-state index is -0.511. The van der Waals surface area contributed by atoms with Crippen molar-refractivity contribution in [2.75, 3.05) is 12.4 Å². The average Bonchev–Trinajstić information content (AvgIpc) is 3.78. The number of methoxy groups -OCH3 is 1. The molecule has 2 aliphatic carbocycles. The molecule has 10 nitrogen and oxygen atoms in total. The Morgan fingerprint density at radius 2 is 1.97 bits per heavy atom. The molecule has 4 aromatic heterocycles. The molecule has 0 radical (unpaired) electrons. The van der Waals surface area contributed by atoms with Crippen molar-refractivity contribution >= 4 is 28.6 Å². The lowest BCUT2D eigenvalue weighted by Gasteiger charge is -2.10. The van der Waals surface area contributed by atoms with Crippen LogP contribution in [0, 0.1) is 5.92 Å². The monoisotopic (exact) mass is 472 g/mol. The highest BCUT2D eigenvalue weighted by Crippen LogP contribution is 2.38. The standard InChI is InChI=1S/C25H24N6O4/c1-31-8-7-19(30-31)14-9-17(24(27-11-14)35-15-5-6-15)20-10-16-18(25(33)34-2)12-26-22(21(16)28-20)29-23(32)13-3-4-13/h7-13,15,28H,3-6H2,1-2H3,(H,26,29,32). The molecule has 0 spiro atoms. The average molecular weight is 473 g/mol. The molecule has 178 valence electrons. The fraction of sp³-hybridized carbons (Fsp3) is 0.320. The Morgan fingerprint density at radius 3 is 2.66 bits per heavy atom. The van der Waals surface area contributed by atoms with Gasteiger partial charge in [-0.15, -0.1) is 0 Å². The molecular weight excluding hydrogens is 448 g/mol. The summed E-state index contributed by atoms with van der Waals surface area (Å²) in [6, 6.07) is 5.72. The van der Waals surface area contributed by atoms with E-state index in [1.165, 1.54) is 13.3 Å². The van der Waals surface area contributed by atoms with E-state index < -0.39 is 5.97 Å². The fourth-order valence-corrected chi connectivity index (χ4v) is 3.99. The number of carbonyl (C=O) groups excluding carboxylic acids is 2. The summed E-state index contributed by atoms with van der Waals surface area (Å²) in [5.41, 5.74) is 3.86. The second-order valence-corrected chi connectivity index (χ2v) is 9.02. The Kier molecular flexibility index (Phi) is 5.01. The van der Waals surface area contributed by atoms with Gasteiger partial charge in [-0.05, 0) is 43.9 Å². The first kappa shape index (κ1) is 21.3. The lowest BCUT2D eigenvalue weighted by molar-refractivity contribution is -0.117. The number of anilines is 1. The summed E-state index contributed by atoms with van der Waals surface area (Å²) in [7, 11) is 3.19. The molecule has 6 rings (SSSR count). The summed E-state index contributed by atoms with van der Waals surface area (Å²) in [6.45, 7) is 0. The number of ether oxygens (including phenoxy) is 2. The third-order valence-electron chi connectivity index (χ3n) is 6.22. The van der Waals surface area contributed by atoms with Gasteiger partial charge in [-0.25, -0.2) is 14.8 Å². The lowest BCUT2D eigenvalue weighted by Crippen LogP contribution is -2.15. The van der Waals surface area contributed by atoms with Crippen LogP contribution in [0.15, 0.2) is 36.8 Å². The molecule has 0 bridgehead atoms. The number of nitrogens with one attached hydrogen (secondary N) is 2. The number of pyridine rings is 2. The molecule has 35 heavy (non-hydrogen) atoms. The Hall–Kier alpha value is -4.21. The smallest absolute Gasteiger partial charge is 0.340 e. The summed E-state index contributed by atoms with van der Waals surface area (Å²) in [5, 5.41) is 7.98. The molecular formula is C25H24N6O4. The number of esters is 1. The topological polar surface area (TPSA) is 124 Å². The van der Waals surface area contributed by atoms with Crippen LogP contribution in [0.25, 0.3) is 33.4 Å². The largest absolute Gasteiger partial charge is 0.474 e. The van der Waals surface area contributed by atoms with E-state index in [0.29, 0.717) is 33.9 Å². The molecule has 0 aliphatic heterocycles. The van der Waals surface area contributed by atoms with Crippen molar-refractivity contribution in [2.45, 2.75) is 31.8 Å². The molecule has 2 N–H and O–H groups in total. The lowest BCUT2D eigenvalue weighted by atomic mass is 10.1. The zero-order chi connectivity index (χ0) is 24.1. The summed E-state index contributed by atoms with van der Waals surface area (Å²) in [4.78, 5) is 37.2. The Morgan fingerprint density at radius 1 is 1.14 bits per heavy atom. The summed E-state index contributed by atoms with van der Waals surface area (Å²) in [5.74, 6) is 0.295. The molecule has 2 saturated carbocycles. The highest BCUT2D eigenvalue weighted by molar-refractivity contribution is 6.10. The SMILES string of the molecule is COC(=O)c1cnc(NC(=O)C2CC2)c2[nH]c(-c3cc(-c4ccn(C)n4)cnc3OC3CC3)cc12. The number of nitrogens with zero attached hydrogens (tertiary/aromatic N) is 4. The van der Waals surface area contributed by atoms with Gasteiger partial charge < -0.3 is 19.8 Å². The van der Waals surface area contributed by atoms with E-state index in [4.69, 9.17) is 9.47 Å². The number of aryl methyl sites for hydroxylation is 1. The van der Waals surface area contributed by atoms with E-state index in [-0.39, 0.29) is 17.9 Å². The maximum absolute atomic E-state index is 12.5. The Balaban J connectivity index is 1.50. The van der Waals surface area contributed by atoms with Crippen LogP contribution in [0.2, 0.25) is 0 Å². The van der Waals surface area contributed by atoms with Crippen LogP contribution in [0.5, 0.6) is 5.88 Å². The van der Waals surface area contributed by atoms with Crippen molar-refractivity contribution < 1.29 is 19.1 Å². The first-order valence-electron chi connectivity index (χ1n) is 11.6. The number of carbonyl (C=O) groups is 2. The van der Waals surface area contributed by atoms with Gasteiger partial charge in [-0.1, -0.05) is 0 Å². The van der Waals surface area contributed by atoms with Crippen LogP contribution >= 0.6 is 0 Å². The Labute approximate surface area is 200 Å². The van der Waals surface area contributed by atoms with Crippen molar-refractivity contribution in [1.29, 1.82) is 0 Å². The first-order chi connectivity index (χ1) is 17.0. The minimum Gasteiger partial charge on any atom is -0.474 e. The van der Waals surface area contributed by atoms with Crippen molar-refractivity contribution in [3.8, 4) is 28.4 Å². The van der Waals surface area contributed by atoms with E-state index in [1.807, 2.05) is 31.4 Å². The van der Waals surface area contributed by atoms with Crippen LogP contribution in [-0.4, -0.2) is 49.8 Å². The maximum atomic E-state index is 12.5. The predicted octanol–water partition coefficient (Wildman–Crippen LogP) is 3.70. The van der Waals surface area contributed by atoms with Crippen molar-refractivity contribution in [3.63, 3.8) is 0 Å². The van der Waals surface area contributed by atoms with Crippen LogP contribution in [-0.2, 0) is 16.6 Å². The molecule has 2 fully saturated rings. The zero-order valence-electron chi connectivity index (χ0n) is 19.4. The highest BCUT2D eigenvalue weighted by atomic mass is 16.5. The fourth-order valence-electron chi connectivity index (χ4n) is 3.99. The third kappa shape index (κ3) is 4.11.